The lowest BCUT2D eigenvalue weighted by molar-refractivity contribution is -0.125. The number of carbonyl (C=O) groups is 4. The van der Waals surface area contributed by atoms with Crippen molar-refractivity contribution in [1.82, 2.24) is 20.5 Å². The van der Waals surface area contributed by atoms with E-state index in [0.717, 1.165) is 24.9 Å². The average Bonchev–Trinajstić information content (AvgIpc) is 3.57. The van der Waals surface area contributed by atoms with Gasteiger partial charge in [0.25, 0.3) is 11.8 Å². The lowest BCUT2D eigenvalue weighted by atomic mass is 9.95. The van der Waals surface area contributed by atoms with Crippen molar-refractivity contribution in [3.63, 3.8) is 0 Å². The average molecular weight is 519 g/mol. The van der Waals surface area contributed by atoms with Gasteiger partial charge in [-0.3, -0.25) is 19.7 Å². The predicted molar refractivity (Wildman–Crippen MR) is 134 cm³/mol. The van der Waals surface area contributed by atoms with Crippen LogP contribution in [-0.2, 0) is 21.7 Å². The molecule has 5 heterocycles. The zero-order valence-corrected chi connectivity index (χ0v) is 20.7. The van der Waals surface area contributed by atoms with Crippen molar-refractivity contribution < 1.29 is 28.3 Å². The van der Waals surface area contributed by atoms with Crippen LogP contribution in [0.4, 0.5) is 10.6 Å². The molecule has 0 spiro atoms. The van der Waals surface area contributed by atoms with Crippen molar-refractivity contribution >= 4 is 40.7 Å². The number of rotatable bonds is 6. The molecule has 2 atom stereocenters. The Morgan fingerprint density at radius 3 is 2.82 bits per heavy atom. The van der Waals surface area contributed by atoms with E-state index in [4.69, 9.17) is 19.9 Å². The summed E-state index contributed by atoms with van der Waals surface area (Å²) < 4.78 is 11.3. The lowest BCUT2D eigenvalue weighted by Gasteiger charge is -2.32. The van der Waals surface area contributed by atoms with E-state index in [1.807, 2.05) is 11.0 Å². The van der Waals surface area contributed by atoms with E-state index in [-0.39, 0.29) is 36.6 Å². The molecule has 6 rings (SSSR count). The normalized spacial score (nSPS) is 23.0. The van der Waals surface area contributed by atoms with Gasteiger partial charge < -0.3 is 30.0 Å². The molecule has 4 N–H and O–H groups in total. The third-order valence-electron chi connectivity index (χ3n) is 7.49. The molecule has 196 valence electrons. The second-order valence-corrected chi connectivity index (χ2v) is 9.85. The maximum Gasteiger partial charge on any atom is 0.322 e. The smallest absolute Gasteiger partial charge is 0.322 e. The minimum absolute atomic E-state index is 0.139. The highest BCUT2D eigenvalue weighted by atomic mass is 16.5. The second-order valence-electron chi connectivity index (χ2n) is 9.85. The van der Waals surface area contributed by atoms with Crippen LogP contribution in [0, 0.1) is 5.92 Å². The first-order chi connectivity index (χ1) is 18.3. The molecular weight excluding hydrogens is 492 g/mol. The second kappa shape index (κ2) is 8.75. The number of imide groups is 1. The zero-order valence-electron chi connectivity index (χ0n) is 20.7. The van der Waals surface area contributed by atoms with Gasteiger partial charge in [0.2, 0.25) is 5.91 Å². The van der Waals surface area contributed by atoms with Gasteiger partial charge in [-0.1, -0.05) is 6.07 Å². The van der Waals surface area contributed by atoms with E-state index >= 15 is 0 Å². The standard InChI is InChI=1S/C26H26N6O6/c1-37-16-5-4-14-11-32(23(34)17(14)9-16)13-26(24(35)29-25(36)30-26)20-10-18-19(38-20)6-7-21(28-18)31-8-2-3-15(12-31)22(27)33/h4-7,9-10,15H,2-3,8,11-13H2,1H3,(H2,27,33)(H2,29,30,35,36). The maximum absolute atomic E-state index is 13.2. The number of pyridine rings is 1. The zero-order chi connectivity index (χ0) is 26.6. The minimum Gasteiger partial charge on any atom is -0.497 e. The number of nitrogens with one attached hydrogen (secondary N) is 2. The molecule has 3 aliphatic rings. The van der Waals surface area contributed by atoms with Gasteiger partial charge in [-0.2, -0.15) is 0 Å². The molecule has 0 aliphatic carbocycles. The summed E-state index contributed by atoms with van der Waals surface area (Å²) in [5, 5.41) is 4.96. The summed E-state index contributed by atoms with van der Waals surface area (Å²) in [6.07, 6.45) is 1.56. The monoisotopic (exact) mass is 518 g/mol. The number of carbonyl (C=O) groups excluding carboxylic acids is 4. The molecule has 3 aromatic rings. The van der Waals surface area contributed by atoms with Crippen molar-refractivity contribution in [3.8, 4) is 5.75 Å². The Balaban J connectivity index is 1.33. The summed E-state index contributed by atoms with van der Waals surface area (Å²) in [6, 6.07) is 9.69. The molecule has 38 heavy (non-hydrogen) atoms. The van der Waals surface area contributed by atoms with Crippen LogP contribution in [0.5, 0.6) is 5.75 Å². The maximum atomic E-state index is 13.2. The largest absolute Gasteiger partial charge is 0.497 e. The number of hydrogen-bond donors (Lipinski definition) is 3. The molecule has 3 aliphatic heterocycles. The topological polar surface area (TPSA) is 160 Å². The highest BCUT2D eigenvalue weighted by Crippen LogP contribution is 2.35. The number of urea groups is 1. The number of nitrogens with zero attached hydrogens (tertiary/aromatic N) is 3. The van der Waals surface area contributed by atoms with Crippen LogP contribution in [-0.4, -0.2) is 60.4 Å². The van der Waals surface area contributed by atoms with Crippen LogP contribution < -0.4 is 26.0 Å². The molecule has 5 amide bonds. The highest BCUT2D eigenvalue weighted by Gasteiger charge is 2.53. The van der Waals surface area contributed by atoms with Crippen LogP contribution in [0.15, 0.2) is 40.8 Å². The number of primary amides is 1. The summed E-state index contributed by atoms with van der Waals surface area (Å²) in [4.78, 5) is 58.6. The van der Waals surface area contributed by atoms with Gasteiger partial charge in [0, 0.05) is 31.3 Å². The molecule has 0 radical (unpaired) electrons. The van der Waals surface area contributed by atoms with E-state index in [1.54, 1.807) is 30.3 Å². The number of benzene rings is 1. The highest BCUT2D eigenvalue weighted by molar-refractivity contribution is 6.08. The molecule has 2 aromatic heterocycles. The number of nitrogens with two attached hydrogens (primary N) is 1. The number of fused-ring (bicyclic) bond motifs is 2. The minimum atomic E-state index is -1.64. The predicted octanol–water partition coefficient (Wildman–Crippen LogP) is 1.23. The Morgan fingerprint density at radius 2 is 2.08 bits per heavy atom. The Labute approximate surface area is 217 Å². The molecule has 0 saturated carbocycles. The summed E-state index contributed by atoms with van der Waals surface area (Å²) in [5.74, 6) is -0.108. The number of aromatic nitrogens is 1. The van der Waals surface area contributed by atoms with Gasteiger partial charge >= 0.3 is 6.03 Å². The van der Waals surface area contributed by atoms with E-state index in [1.165, 1.54) is 12.0 Å². The Kier molecular flexibility index (Phi) is 5.47. The van der Waals surface area contributed by atoms with Gasteiger partial charge in [-0.05, 0) is 42.7 Å². The van der Waals surface area contributed by atoms with Crippen LogP contribution >= 0.6 is 0 Å². The number of ether oxygens (including phenoxy) is 1. The number of methoxy groups -OCH3 is 1. The lowest BCUT2D eigenvalue weighted by Crippen LogP contribution is -2.52. The first-order valence-corrected chi connectivity index (χ1v) is 12.3. The number of anilines is 1. The van der Waals surface area contributed by atoms with Gasteiger partial charge in [-0.15, -0.1) is 0 Å². The molecule has 12 nitrogen and oxygen atoms in total. The van der Waals surface area contributed by atoms with Crippen LogP contribution in [0.2, 0.25) is 0 Å². The number of piperidine rings is 1. The number of furan rings is 1. The van der Waals surface area contributed by atoms with Crippen LogP contribution in [0.3, 0.4) is 0 Å². The molecule has 2 saturated heterocycles. The molecule has 2 unspecified atom stereocenters. The summed E-state index contributed by atoms with van der Waals surface area (Å²) in [7, 11) is 1.52. The molecular formula is C26H26N6O6. The first-order valence-electron chi connectivity index (χ1n) is 12.3. The van der Waals surface area contributed by atoms with Crippen molar-refractivity contribution in [2.24, 2.45) is 11.7 Å². The Hall–Kier alpha value is -4.61. The van der Waals surface area contributed by atoms with Crippen molar-refractivity contribution in [2.75, 3.05) is 31.6 Å². The van der Waals surface area contributed by atoms with Gasteiger partial charge in [0.05, 0.1) is 19.6 Å². The number of amides is 5. The van der Waals surface area contributed by atoms with Gasteiger partial charge in [-0.25, -0.2) is 9.78 Å². The third kappa shape index (κ3) is 3.80. The third-order valence-corrected chi connectivity index (χ3v) is 7.49. The van der Waals surface area contributed by atoms with E-state index < -0.39 is 17.5 Å². The van der Waals surface area contributed by atoms with Crippen LogP contribution in [0.1, 0.15) is 34.5 Å². The molecule has 0 bridgehead atoms. The first kappa shape index (κ1) is 23.8. The quantitative estimate of drug-likeness (QED) is 0.411. The Bertz CT molecular complexity index is 1500. The number of hydrogen-bond acceptors (Lipinski definition) is 8. The molecule has 12 heteroatoms. The summed E-state index contributed by atoms with van der Waals surface area (Å²) in [5.41, 5.74) is 6.06. The van der Waals surface area contributed by atoms with E-state index in [9.17, 15) is 19.2 Å². The van der Waals surface area contributed by atoms with Crippen molar-refractivity contribution in [3.05, 3.63) is 53.3 Å². The SMILES string of the molecule is COc1ccc2c(c1)C(=O)N(CC1(c3cc4nc(N5CCCC(C(N)=O)C5)ccc4o3)NC(=O)NC1=O)C2. The van der Waals surface area contributed by atoms with Crippen molar-refractivity contribution in [2.45, 2.75) is 24.9 Å². The van der Waals surface area contributed by atoms with Gasteiger partial charge in [0.1, 0.15) is 22.8 Å². The summed E-state index contributed by atoms with van der Waals surface area (Å²) >= 11 is 0. The Morgan fingerprint density at radius 1 is 1.24 bits per heavy atom. The fraction of sp³-hybridized carbons (Fsp3) is 0.346. The fourth-order valence-electron chi connectivity index (χ4n) is 5.45. The van der Waals surface area contributed by atoms with Crippen LogP contribution in [0.25, 0.3) is 11.1 Å². The van der Waals surface area contributed by atoms with E-state index in [0.29, 0.717) is 34.8 Å². The molecule has 2 fully saturated rings. The summed E-state index contributed by atoms with van der Waals surface area (Å²) in [6.45, 7) is 1.34. The van der Waals surface area contributed by atoms with E-state index in [2.05, 4.69) is 10.6 Å². The molecule has 1 aromatic carbocycles. The fourth-order valence-corrected chi connectivity index (χ4v) is 5.45. The van der Waals surface area contributed by atoms with Gasteiger partial charge in [0.15, 0.2) is 11.1 Å². The van der Waals surface area contributed by atoms with Crippen molar-refractivity contribution in [1.29, 1.82) is 0 Å².